The maximum absolute atomic E-state index is 12.8. The third-order valence-electron chi connectivity index (χ3n) is 3.38. The number of aromatic nitrogens is 1. The van der Waals surface area contributed by atoms with Gasteiger partial charge in [-0.05, 0) is 45.0 Å². The summed E-state index contributed by atoms with van der Waals surface area (Å²) in [4.78, 5) is 17.3. The van der Waals surface area contributed by atoms with Crippen LogP contribution < -0.4 is 0 Å². The summed E-state index contributed by atoms with van der Waals surface area (Å²) in [5, 5.41) is 9.44. The number of pyridine rings is 1. The summed E-state index contributed by atoms with van der Waals surface area (Å²) < 4.78 is 12.8. The summed E-state index contributed by atoms with van der Waals surface area (Å²) >= 11 is 0. The minimum Gasteiger partial charge on any atom is -0.480 e. The monoisotopic (exact) mass is 238 g/mol. The lowest BCUT2D eigenvalue weighted by molar-refractivity contribution is -0.150. The molecule has 1 N–H and O–H groups in total. The first kappa shape index (κ1) is 12.0. The van der Waals surface area contributed by atoms with E-state index in [0.717, 1.165) is 32.1 Å². The molecule has 0 amide bonds. The van der Waals surface area contributed by atoms with Crippen LogP contribution in [0.25, 0.3) is 0 Å². The standard InChI is InChI=1S/C12H15FN2O2/c1-12(11(16)17,15-6-2-3-7-15)10-5-4-9(13)8-14-10/h4-5,8H,2-3,6-7H2,1H3,(H,16,17). The molecule has 1 aromatic rings. The van der Waals surface area contributed by atoms with E-state index in [4.69, 9.17) is 0 Å². The highest BCUT2D eigenvalue weighted by molar-refractivity contribution is 5.79. The molecule has 5 heteroatoms. The average molecular weight is 238 g/mol. The molecule has 0 aliphatic carbocycles. The average Bonchev–Trinajstić information content (AvgIpc) is 2.82. The molecule has 1 aromatic heterocycles. The first-order valence-electron chi connectivity index (χ1n) is 5.65. The van der Waals surface area contributed by atoms with Gasteiger partial charge >= 0.3 is 5.97 Å². The van der Waals surface area contributed by atoms with Crippen LogP contribution in [0, 0.1) is 5.82 Å². The smallest absolute Gasteiger partial charge is 0.330 e. The molecule has 1 aliphatic heterocycles. The SMILES string of the molecule is CC(C(=O)O)(c1ccc(F)cn1)N1CCCC1. The van der Waals surface area contributed by atoms with Gasteiger partial charge in [0, 0.05) is 0 Å². The molecular formula is C12H15FN2O2. The van der Waals surface area contributed by atoms with E-state index >= 15 is 0 Å². The van der Waals surface area contributed by atoms with Gasteiger partial charge in [0.25, 0.3) is 0 Å². The topological polar surface area (TPSA) is 53.4 Å². The highest BCUT2D eigenvalue weighted by Gasteiger charge is 2.43. The van der Waals surface area contributed by atoms with Gasteiger partial charge in [-0.3, -0.25) is 9.88 Å². The van der Waals surface area contributed by atoms with Crippen molar-refractivity contribution in [1.29, 1.82) is 0 Å². The van der Waals surface area contributed by atoms with Crippen molar-refractivity contribution in [2.24, 2.45) is 0 Å². The molecule has 1 fully saturated rings. The molecule has 4 nitrogen and oxygen atoms in total. The Hall–Kier alpha value is -1.49. The lowest BCUT2D eigenvalue weighted by Crippen LogP contribution is -2.49. The predicted molar refractivity (Wildman–Crippen MR) is 60.0 cm³/mol. The van der Waals surface area contributed by atoms with Gasteiger partial charge in [-0.2, -0.15) is 0 Å². The number of hydrogen-bond donors (Lipinski definition) is 1. The zero-order chi connectivity index (χ0) is 12.5. The molecule has 17 heavy (non-hydrogen) atoms. The Bertz CT molecular complexity index is 415. The molecule has 0 saturated carbocycles. The van der Waals surface area contributed by atoms with Crippen molar-refractivity contribution in [2.45, 2.75) is 25.3 Å². The van der Waals surface area contributed by atoms with E-state index in [-0.39, 0.29) is 0 Å². The van der Waals surface area contributed by atoms with E-state index in [1.165, 1.54) is 12.1 Å². The van der Waals surface area contributed by atoms with E-state index in [0.29, 0.717) is 5.69 Å². The summed E-state index contributed by atoms with van der Waals surface area (Å²) in [6.45, 7) is 3.10. The molecule has 0 radical (unpaired) electrons. The highest BCUT2D eigenvalue weighted by Crippen LogP contribution is 2.30. The van der Waals surface area contributed by atoms with Crippen LogP contribution in [0.2, 0.25) is 0 Å². The molecule has 1 aliphatic rings. The van der Waals surface area contributed by atoms with Crippen molar-refractivity contribution in [3.63, 3.8) is 0 Å². The van der Waals surface area contributed by atoms with Crippen molar-refractivity contribution in [3.8, 4) is 0 Å². The second-order valence-electron chi connectivity index (χ2n) is 4.43. The molecule has 0 spiro atoms. The van der Waals surface area contributed by atoms with Gasteiger partial charge < -0.3 is 5.11 Å². The molecule has 0 bridgehead atoms. The van der Waals surface area contributed by atoms with Crippen LogP contribution in [-0.4, -0.2) is 34.0 Å². The van der Waals surface area contributed by atoms with E-state index in [1.54, 1.807) is 6.92 Å². The Labute approximate surface area is 99.1 Å². The van der Waals surface area contributed by atoms with Crippen molar-refractivity contribution in [1.82, 2.24) is 9.88 Å². The molecule has 92 valence electrons. The second-order valence-corrected chi connectivity index (χ2v) is 4.43. The zero-order valence-corrected chi connectivity index (χ0v) is 9.69. The van der Waals surface area contributed by atoms with Gasteiger partial charge in [0.2, 0.25) is 0 Å². The largest absolute Gasteiger partial charge is 0.480 e. The third-order valence-corrected chi connectivity index (χ3v) is 3.38. The fourth-order valence-electron chi connectivity index (χ4n) is 2.23. The number of carboxylic acids is 1. The van der Waals surface area contributed by atoms with Gasteiger partial charge in [-0.25, -0.2) is 9.18 Å². The number of carboxylic acid groups (broad SMARTS) is 1. The van der Waals surface area contributed by atoms with Crippen LogP contribution in [0.4, 0.5) is 4.39 Å². The lowest BCUT2D eigenvalue weighted by atomic mass is 9.95. The number of rotatable bonds is 3. The Morgan fingerprint density at radius 3 is 2.59 bits per heavy atom. The Morgan fingerprint density at radius 1 is 1.47 bits per heavy atom. The number of aliphatic carboxylic acids is 1. The molecule has 1 saturated heterocycles. The van der Waals surface area contributed by atoms with Crippen molar-refractivity contribution in [3.05, 3.63) is 29.8 Å². The Balaban J connectivity index is 2.39. The molecule has 2 rings (SSSR count). The van der Waals surface area contributed by atoms with Gasteiger partial charge in [-0.15, -0.1) is 0 Å². The van der Waals surface area contributed by atoms with Crippen molar-refractivity contribution >= 4 is 5.97 Å². The number of carbonyl (C=O) groups is 1. The first-order valence-corrected chi connectivity index (χ1v) is 5.65. The Kier molecular flexibility index (Phi) is 3.11. The highest BCUT2D eigenvalue weighted by atomic mass is 19.1. The van der Waals surface area contributed by atoms with Crippen molar-refractivity contribution < 1.29 is 14.3 Å². The van der Waals surface area contributed by atoms with Crippen molar-refractivity contribution in [2.75, 3.05) is 13.1 Å². The van der Waals surface area contributed by atoms with Crippen LogP contribution in [0.1, 0.15) is 25.5 Å². The van der Waals surface area contributed by atoms with Crippen LogP contribution >= 0.6 is 0 Å². The first-order chi connectivity index (χ1) is 8.05. The molecular weight excluding hydrogens is 223 g/mol. The molecule has 0 aromatic carbocycles. The summed E-state index contributed by atoms with van der Waals surface area (Å²) in [6, 6.07) is 2.70. The second kappa shape index (κ2) is 4.41. The summed E-state index contributed by atoms with van der Waals surface area (Å²) in [7, 11) is 0. The maximum atomic E-state index is 12.8. The normalized spacial score (nSPS) is 20.1. The van der Waals surface area contributed by atoms with E-state index in [1.807, 2.05) is 4.90 Å². The van der Waals surface area contributed by atoms with E-state index in [2.05, 4.69) is 4.98 Å². The van der Waals surface area contributed by atoms with Crippen LogP contribution in [-0.2, 0) is 10.3 Å². The quantitative estimate of drug-likeness (QED) is 0.869. The van der Waals surface area contributed by atoms with Gasteiger partial charge in [0.15, 0.2) is 5.54 Å². The Morgan fingerprint density at radius 2 is 2.12 bits per heavy atom. The maximum Gasteiger partial charge on any atom is 0.330 e. The van der Waals surface area contributed by atoms with Gasteiger partial charge in [-0.1, -0.05) is 0 Å². The van der Waals surface area contributed by atoms with Gasteiger partial charge in [0.05, 0.1) is 11.9 Å². The number of hydrogen-bond acceptors (Lipinski definition) is 3. The third kappa shape index (κ3) is 2.02. The van der Waals surface area contributed by atoms with Gasteiger partial charge in [0.1, 0.15) is 5.82 Å². The van der Waals surface area contributed by atoms with E-state index in [9.17, 15) is 14.3 Å². The zero-order valence-electron chi connectivity index (χ0n) is 9.69. The van der Waals surface area contributed by atoms with Crippen LogP contribution in [0.3, 0.4) is 0 Å². The van der Waals surface area contributed by atoms with Crippen LogP contribution in [0.5, 0.6) is 0 Å². The molecule has 1 unspecified atom stereocenters. The fraction of sp³-hybridized carbons (Fsp3) is 0.500. The summed E-state index contributed by atoms with van der Waals surface area (Å²) in [6.07, 6.45) is 3.04. The lowest BCUT2D eigenvalue weighted by Gasteiger charge is -2.34. The molecule has 1 atom stereocenters. The number of nitrogens with zero attached hydrogens (tertiary/aromatic N) is 2. The van der Waals surface area contributed by atoms with E-state index < -0.39 is 17.3 Å². The minimum absolute atomic E-state index is 0.383. The summed E-state index contributed by atoms with van der Waals surface area (Å²) in [5.74, 6) is -1.40. The number of likely N-dealkylation sites (tertiary alicyclic amines) is 1. The number of halogens is 1. The summed E-state index contributed by atoms with van der Waals surface area (Å²) in [5.41, 5.74) is -0.780. The minimum atomic E-state index is -1.16. The molecule has 2 heterocycles. The fourth-order valence-corrected chi connectivity index (χ4v) is 2.23. The predicted octanol–water partition coefficient (Wildman–Crippen LogP) is 1.62. The van der Waals surface area contributed by atoms with Crippen LogP contribution in [0.15, 0.2) is 18.3 Å².